The lowest BCUT2D eigenvalue weighted by Gasteiger charge is -2.09. The van der Waals surface area contributed by atoms with Gasteiger partial charge < -0.3 is 9.30 Å². The molecule has 0 fully saturated rings. The monoisotopic (exact) mass is 463 g/mol. The van der Waals surface area contributed by atoms with E-state index in [1.165, 1.54) is 0 Å². The highest BCUT2D eigenvalue weighted by Gasteiger charge is 2.07. The van der Waals surface area contributed by atoms with Gasteiger partial charge in [0.2, 0.25) is 0 Å². The maximum absolute atomic E-state index is 12.3. The molecule has 160 valence electrons. The number of benzene rings is 3. The van der Waals surface area contributed by atoms with Crippen molar-refractivity contribution in [3.63, 3.8) is 0 Å². The van der Waals surface area contributed by atoms with Gasteiger partial charge in [0.1, 0.15) is 12.4 Å². The summed E-state index contributed by atoms with van der Waals surface area (Å²) in [5, 5.41) is 5.16. The number of hydrogen-bond acceptors (Lipinski definition) is 3. The van der Waals surface area contributed by atoms with Crippen LogP contribution in [0.2, 0.25) is 10.0 Å². The molecule has 0 aliphatic rings. The van der Waals surface area contributed by atoms with Crippen molar-refractivity contribution in [3.8, 4) is 11.4 Å². The third kappa shape index (κ3) is 5.38. The molecule has 7 heteroatoms. The molecule has 0 radical (unpaired) electrons. The minimum Gasteiger partial charge on any atom is -0.489 e. The Hall–Kier alpha value is -3.54. The number of hydrazone groups is 1. The van der Waals surface area contributed by atoms with Crippen LogP contribution in [0.5, 0.6) is 5.75 Å². The Kier molecular flexibility index (Phi) is 6.90. The molecule has 5 nitrogen and oxygen atoms in total. The molecule has 4 rings (SSSR count). The van der Waals surface area contributed by atoms with Crippen molar-refractivity contribution in [2.24, 2.45) is 5.10 Å². The number of carbonyl (C=O) groups excluding carboxylic acids is 1. The van der Waals surface area contributed by atoms with Crippen LogP contribution in [0.25, 0.3) is 5.69 Å². The molecular formula is C25H19Cl2N3O2. The van der Waals surface area contributed by atoms with Crippen molar-refractivity contribution in [3.05, 3.63) is 118 Å². The van der Waals surface area contributed by atoms with Gasteiger partial charge in [-0.25, -0.2) is 5.43 Å². The first kappa shape index (κ1) is 21.7. The van der Waals surface area contributed by atoms with Crippen LogP contribution in [0.1, 0.15) is 21.5 Å². The topological polar surface area (TPSA) is 55.6 Å². The fourth-order valence-corrected chi connectivity index (χ4v) is 3.54. The van der Waals surface area contributed by atoms with E-state index in [1.54, 1.807) is 36.5 Å². The van der Waals surface area contributed by atoms with E-state index in [9.17, 15) is 4.79 Å². The van der Waals surface area contributed by atoms with E-state index in [-0.39, 0.29) is 12.5 Å². The van der Waals surface area contributed by atoms with Gasteiger partial charge in [-0.1, -0.05) is 41.4 Å². The SMILES string of the molecule is O=C(N/N=C\c1cccc(OCc2c(Cl)cccc2Cl)c1)c1ccc(-n2cccc2)cc1. The molecule has 0 aliphatic carbocycles. The Labute approximate surface area is 195 Å². The van der Waals surface area contributed by atoms with Crippen LogP contribution in [0.15, 0.2) is 96.4 Å². The second-order valence-corrected chi connectivity index (χ2v) is 7.71. The number of ether oxygens (including phenoxy) is 1. The molecule has 0 saturated carbocycles. The summed E-state index contributed by atoms with van der Waals surface area (Å²) >= 11 is 12.4. The third-order valence-corrected chi connectivity index (χ3v) is 5.42. The van der Waals surface area contributed by atoms with Gasteiger partial charge in [-0.15, -0.1) is 0 Å². The number of amides is 1. The van der Waals surface area contributed by atoms with E-state index < -0.39 is 0 Å². The summed E-state index contributed by atoms with van der Waals surface area (Å²) in [5.74, 6) is 0.345. The highest BCUT2D eigenvalue weighted by molar-refractivity contribution is 6.35. The van der Waals surface area contributed by atoms with Crippen LogP contribution in [0.3, 0.4) is 0 Å². The zero-order chi connectivity index (χ0) is 22.3. The molecule has 1 N–H and O–H groups in total. The van der Waals surface area contributed by atoms with E-state index >= 15 is 0 Å². The highest BCUT2D eigenvalue weighted by atomic mass is 35.5. The lowest BCUT2D eigenvalue weighted by Crippen LogP contribution is -2.17. The van der Waals surface area contributed by atoms with Crippen molar-refractivity contribution in [1.29, 1.82) is 0 Å². The minimum absolute atomic E-state index is 0.245. The van der Waals surface area contributed by atoms with Crippen molar-refractivity contribution >= 4 is 35.3 Å². The molecule has 1 heterocycles. The summed E-state index contributed by atoms with van der Waals surface area (Å²) < 4.78 is 7.78. The molecule has 3 aromatic carbocycles. The number of rotatable bonds is 7. The Morgan fingerprint density at radius 3 is 2.34 bits per heavy atom. The molecule has 1 amide bonds. The quantitative estimate of drug-likeness (QED) is 0.264. The van der Waals surface area contributed by atoms with E-state index in [2.05, 4.69) is 10.5 Å². The van der Waals surface area contributed by atoms with Crippen molar-refractivity contribution in [1.82, 2.24) is 9.99 Å². The average Bonchev–Trinajstić information content (AvgIpc) is 3.34. The summed E-state index contributed by atoms with van der Waals surface area (Å²) in [4.78, 5) is 12.3. The number of nitrogens with one attached hydrogen (secondary N) is 1. The van der Waals surface area contributed by atoms with Gasteiger partial charge in [-0.3, -0.25) is 4.79 Å². The number of halogens is 2. The number of aromatic nitrogens is 1. The van der Waals surface area contributed by atoms with Gasteiger partial charge in [0.25, 0.3) is 5.91 Å². The van der Waals surface area contributed by atoms with Crippen LogP contribution >= 0.6 is 23.2 Å². The van der Waals surface area contributed by atoms with E-state index in [0.29, 0.717) is 21.4 Å². The summed E-state index contributed by atoms with van der Waals surface area (Å²) in [7, 11) is 0. The fraction of sp³-hybridized carbons (Fsp3) is 0.0400. The molecule has 0 atom stereocenters. The first-order chi connectivity index (χ1) is 15.6. The Morgan fingerprint density at radius 1 is 0.938 bits per heavy atom. The summed E-state index contributed by atoms with van der Waals surface area (Å²) in [6.45, 7) is 0.245. The molecule has 0 saturated heterocycles. The van der Waals surface area contributed by atoms with E-state index in [1.807, 2.05) is 65.5 Å². The first-order valence-electron chi connectivity index (χ1n) is 9.83. The minimum atomic E-state index is -0.291. The summed E-state index contributed by atoms with van der Waals surface area (Å²) in [6.07, 6.45) is 5.45. The third-order valence-electron chi connectivity index (χ3n) is 4.71. The van der Waals surface area contributed by atoms with Crippen LogP contribution in [0, 0.1) is 0 Å². The molecular weight excluding hydrogens is 445 g/mol. The zero-order valence-corrected chi connectivity index (χ0v) is 18.4. The normalized spacial score (nSPS) is 10.9. The van der Waals surface area contributed by atoms with Crippen molar-refractivity contribution in [2.45, 2.75) is 6.61 Å². The average molecular weight is 464 g/mol. The first-order valence-corrected chi connectivity index (χ1v) is 10.6. The van der Waals surface area contributed by atoms with Crippen LogP contribution in [-0.2, 0) is 6.61 Å². The lowest BCUT2D eigenvalue weighted by molar-refractivity contribution is 0.0955. The van der Waals surface area contributed by atoms with Gasteiger partial charge in [-0.2, -0.15) is 5.10 Å². The molecule has 1 aromatic heterocycles. The lowest BCUT2D eigenvalue weighted by atomic mass is 10.2. The number of carbonyl (C=O) groups is 1. The van der Waals surface area contributed by atoms with Crippen molar-refractivity contribution in [2.75, 3.05) is 0 Å². The standard InChI is InChI=1S/C25H19Cl2N3O2/c26-23-7-4-8-24(27)22(23)17-32-21-6-3-5-18(15-21)16-28-29-25(31)19-9-11-20(12-10-19)30-13-1-2-14-30/h1-16H,17H2,(H,29,31)/b28-16-. The van der Waals surface area contributed by atoms with Gasteiger partial charge in [-0.05, 0) is 66.2 Å². The second kappa shape index (κ2) is 10.2. The maximum atomic E-state index is 12.3. The molecule has 4 aromatic rings. The van der Waals surface area contributed by atoms with Crippen LogP contribution in [0.4, 0.5) is 0 Å². The van der Waals surface area contributed by atoms with Crippen LogP contribution < -0.4 is 10.2 Å². The van der Waals surface area contributed by atoms with Gasteiger partial charge in [0.05, 0.1) is 6.21 Å². The molecule has 0 aliphatic heterocycles. The smallest absolute Gasteiger partial charge is 0.271 e. The van der Waals surface area contributed by atoms with Crippen molar-refractivity contribution < 1.29 is 9.53 Å². The van der Waals surface area contributed by atoms with Gasteiger partial charge in [0.15, 0.2) is 0 Å². The highest BCUT2D eigenvalue weighted by Crippen LogP contribution is 2.26. The molecule has 0 bridgehead atoms. The number of hydrogen-bond donors (Lipinski definition) is 1. The predicted octanol–water partition coefficient (Wildman–Crippen LogP) is 6.13. The maximum Gasteiger partial charge on any atom is 0.271 e. The predicted molar refractivity (Wildman–Crippen MR) is 128 cm³/mol. The Balaban J connectivity index is 1.35. The molecule has 32 heavy (non-hydrogen) atoms. The number of nitrogens with zero attached hydrogens (tertiary/aromatic N) is 2. The Bertz CT molecular complexity index is 1220. The molecule has 0 unspecified atom stereocenters. The Morgan fingerprint density at radius 2 is 1.62 bits per heavy atom. The largest absolute Gasteiger partial charge is 0.489 e. The van der Waals surface area contributed by atoms with Gasteiger partial charge in [0, 0.05) is 39.3 Å². The summed E-state index contributed by atoms with van der Waals surface area (Å²) in [5.41, 5.74) is 5.54. The van der Waals surface area contributed by atoms with Gasteiger partial charge >= 0.3 is 0 Å². The van der Waals surface area contributed by atoms with Crippen LogP contribution in [-0.4, -0.2) is 16.7 Å². The van der Waals surface area contributed by atoms with E-state index in [4.69, 9.17) is 27.9 Å². The molecule has 0 spiro atoms. The summed E-state index contributed by atoms with van der Waals surface area (Å²) in [6, 6.07) is 23.8. The second-order valence-electron chi connectivity index (χ2n) is 6.90. The fourth-order valence-electron chi connectivity index (χ4n) is 3.03. The zero-order valence-electron chi connectivity index (χ0n) is 16.9. The van der Waals surface area contributed by atoms with E-state index in [0.717, 1.165) is 16.8 Å².